The van der Waals surface area contributed by atoms with Gasteiger partial charge in [0.2, 0.25) is 0 Å². The Morgan fingerprint density at radius 3 is 2.86 bits per heavy atom. The van der Waals surface area contributed by atoms with Gasteiger partial charge in [0.1, 0.15) is 17.2 Å². The van der Waals surface area contributed by atoms with E-state index in [0.29, 0.717) is 12.1 Å². The molecule has 3 heterocycles. The van der Waals surface area contributed by atoms with Crippen molar-refractivity contribution in [3.05, 3.63) is 42.7 Å². The predicted octanol–water partition coefficient (Wildman–Crippen LogP) is 2.43. The summed E-state index contributed by atoms with van der Waals surface area (Å²) in [5.41, 5.74) is 1.13. The first-order valence-electron chi connectivity index (χ1n) is 7.59. The molecule has 2 aliphatic rings. The summed E-state index contributed by atoms with van der Waals surface area (Å²) in [4.78, 5) is 6.76. The molecule has 2 fully saturated rings. The summed E-state index contributed by atoms with van der Waals surface area (Å²) in [5, 5.41) is 3.52. The smallest absolute Gasteiger partial charge is 0.147 e. The summed E-state index contributed by atoms with van der Waals surface area (Å²) in [7, 11) is 1.65. The van der Waals surface area contributed by atoms with Crippen molar-refractivity contribution in [2.45, 2.75) is 18.5 Å². The summed E-state index contributed by atoms with van der Waals surface area (Å²) >= 11 is 0. The van der Waals surface area contributed by atoms with Crippen molar-refractivity contribution < 1.29 is 9.47 Å². The van der Waals surface area contributed by atoms with Gasteiger partial charge in [-0.25, -0.2) is 0 Å². The van der Waals surface area contributed by atoms with E-state index in [9.17, 15) is 0 Å². The van der Waals surface area contributed by atoms with E-state index in [1.165, 1.54) is 6.42 Å². The van der Waals surface area contributed by atoms with Crippen LogP contribution >= 0.6 is 0 Å². The molecule has 5 heteroatoms. The van der Waals surface area contributed by atoms with Crippen molar-refractivity contribution in [3.8, 4) is 17.2 Å². The first kappa shape index (κ1) is 13.4. The fourth-order valence-electron chi connectivity index (χ4n) is 3.30. The van der Waals surface area contributed by atoms with Crippen LogP contribution < -0.4 is 19.7 Å². The SMILES string of the molecule is COc1cccc(Oc2cncc(N3CC4CC3CN4)c2)c1. The number of fused-ring (bicyclic) bond motifs is 2. The van der Waals surface area contributed by atoms with Crippen LogP contribution in [0, 0.1) is 0 Å². The van der Waals surface area contributed by atoms with Gasteiger partial charge in [0.05, 0.1) is 25.2 Å². The number of hydrogen-bond acceptors (Lipinski definition) is 5. The standard InChI is InChI=1S/C17H19N3O2/c1-21-15-3-2-4-16(7-15)22-17-6-14(8-18-10-17)20-11-12-5-13(20)9-19-12/h2-4,6-8,10,12-13,19H,5,9,11H2,1H3. The second-order valence-electron chi connectivity index (χ2n) is 5.81. The maximum atomic E-state index is 5.92. The van der Waals surface area contributed by atoms with Crippen LogP contribution in [0.25, 0.3) is 0 Å². The quantitative estimate of drug-likeness (QED) is 0.939. The Balaban J connectivity index is 1.54. The Morgan fingerprint density at radius 1 is 1.18 bits per heavy atom. The highest BCUT2D eigenvalue weighted by Gasteiger charge is 2.37. The van der Waals surface area contributed by atoms with Crippen LogP contribution in [0.15, 0.2) is 42.7 Å². The number of hydrogen-bond donors (Lipinski definition) is 1. The van der Waals surface area contributed by atoms with Crippen LogP contribution in [0.5, 0.6) is 17.2 Å². The monoisotopic (exact) mass is 297 g/mol. The van der Waals surface area contributed by atoms with E-state index in [4.69, 9.17) is 9.47 Å². The van der Waals surface area contributed by atoms with Gasteiger partial charge in [-0.1, -0.05) is 6.07 Å². The van der Waals surface area contributed by atoms with Crippen molar-refractivity contribution in [3.63, 3.8) is 0 Å². The fraction of sp³-hybridized carbons (Fsp3) is 0.353. The lowest BCUT2D eigenvalue weighted by molar-refractivity contribution is 0.409. The van der Waals surface area contributed by atoms with Crippen LogP contribution in [-0.4, -0.2) is 37.3 Å². The molecule has 0 aliphatic carbocycles. The third-order valence-corrected chi connectivity index (χ3v) is 4.36. The molecule has 1 N–H and O–H groups in total. The van der Waals surface area contributed by atoms with Gasteiger partial charge in [0.15, 0.2) is 0 Å². The second kappa shape index (κ2) is 5.50. The third kappa shape index (κ3) is 2.48. The Kier molecular flexibility index (Phi) is 3.35. The summed E-state index contributed by atoms with van der Waals surface area (Å²) < 4.78 is 11.1. The summed E-state index contributed by atoms with van der Waals surface area (Å²) in [6.07, 6.45) is 4.88. The number of nitrogens with one attached hydrogen (secondary N) is 1. The minimum absolute atomic E-state index is 0.582. The molecule has 2 aliphatic heterocycles. The van der Waals surface area contributed by atoms with E-state index >= 15 is 0 Å². The summed E-state index contributed by atoms with van der Waals surface area (Å²) in [5.74, 6) is 2.29. The highest BCUT2D eigenvalue weighted by Crippen LogP contribution is 2.32. The number of aromatic nitrogens is 1. The van der Waals surface area contributed by atoms with E-state index in [1.807, 2.05) is 30.5 Å². The maximum absolute atomic E-state index is 5.92. The van der Waals surface area contributed by atoms with E-state index in [0.717, 1.165) is 36.0 Å². The molecule has 2 aromatic rings. The van der Waals surface area contributed by atoms with Crippen molar-refractivity contribution >= 4 is 5.69 Å². The molecular weight excluding hydrogens is 278 g/mol. The average Bonchev–Trinajstić information content (AvgIpc) is 3.18. The van der Waals surface area contributed by atoms with Crippen molar-refractivity contribution in [1.82, 2.24) is 10.3 Å². The molecule has 2 atom stereocenters. The highest BCUT2D eigenvalue weighted by atomic mass is 16.5. The number of methoxy groups -OCH3 is 1. The van der Waals surface area contributed by atoms with Crippen LogP contribution in [0.2, 0.25) is 0 Å². The van der Waals surface area contributed by atoms with Gasteiger partial charge in [-0.2, -0.15) is 0 Å². The molecule has 4 rings (SSSR count). The molecule has 2 saturated heterocycles. The molecule has 22 heavy (non-hydrogen) atoms. The number of piperazine rings is 1. The highest BCUT2D eigenvalue weighted by molar-refractivity contribution is 5.52. The van der Waals surface area contributed by atoms with Crippen LogP contribution in [0.4, 0.5) is 5.69 Å². The Bertz CT molecular complexity index is 676. The topological polar surface area (TPSA) is 46.6 Å². The predicted molar refractivity (Wildman–Crippen MR) is 84.8 cm³/mol. The van der Waals surface area contributed by atoms with E-state index in [-0.39, 0.29) is 0 Å². The molecule has 114 valence electrons. The average molecular weight is 297 g/mol. The lowest BCUT2D eigenvalue weighted by Crippen LogP contribution is -2.43. The first-order chi connectivity index (χ1) is 10.8. The minimum atomic E-state index is 0.582. The number of pyridine rings is 1. The summed E-state index contributed by atoms with van der Waals surface area (Å²) in [6, 6.07) is 10.9. The van der Waals surface area contributed by atoms with Gasteiger partial charge in [-0.15, -0.1) is 0 Å². The fourth-order valence-corrected chi connectivity index (χ4v) is 3.30. The lowest BCUT2D eigenvalue weighted by Gasteiger charge is -2.29. The molecule has 2 unspecified atom stereocenters. The minimum Gasteiger partial charge on any atom is -0.497 e. The van der Waals surface area contributed by atoms with E-state index < -0.39 is 0 Å². The van der Waals surface area contributed by atoms with Gasteiger partial charge < -0.3 is 19.7 Å². The summed E-state index contributed by atoms with van der Waals surface area (Å²) in [6.45, 7) is 2.11. The van der Waals surface area contributed by atoms with Crippen molar-refractivity contribution in [2.75, 3.05) is 25.1 Å². The zero-order valence-electron chi connectivity index (χ0n) is 12.5. The van der Waals surface area contributed by atoms with Gasteiger partial charge in [0, 0.05) is 37.3 Å². The molecule has 0 amide bonds. The van der Waals surface area contributed by atoms with Crippen LogP contribution in [0.3, 0.4) is 0 Å². The molecule has 0 spiro atoms. The zero-order valence-corrected chi connectivity index (χ0v) is 12.5. The number of ether oxygens (including phenoxy) is 2. The third-order valence-electron chi connectivity index (χ3n) is 4.36. The largest absolute Gasteiger partial charge is 0.497 e. The molecule has 5 nitrogen and oxygen atoms in total. The molecule has 0 saturated carbocycles. The van der Waals surface area contributed by atoms with Gasteiger partial charge in [-0.3, -0.25) is 4.98 Å². The Morgan fingerprint density at radius 2 is 2.09 bits per heavy atom. The Hall–Kier alpha value is -2.27. The number of benzene rings is 1. The number of nitrogens with zero attached hydrogens (tertiary/aromatic N) is 2. The lowest BCUT2D eigenvalue weighted by atomic mass is 10.2. The maximum Gasteiger partial charge on any atom is 0.147 e. The van der Waals surface area contributed by atoms with Crippen LogP contribution in [0.1, 0.15) is 6.42 Å². The molecule has 2 bridgehead atoms. The number of rotatable bonds is 4. The Labute approximate surface area is 129 Å². The zero-order chi connectivity index (χ0) is 14.9. The van der Waals surface area contributed by atoms with Gasteiger partial charge in [-0.05, 0) is 18.6 Å². The molecular formula is C17H19N3O2. The molecule has 1 aromatic carbocycles. The molecule has 1 aromatic heterocycles. The molecule has 0 radical (unpaired) electrons. The normalized spacial score (nSPS) is 22.9. The van der Waals surface area contributed by atoms with E-state index in [1.54, 1.807) is 13.3 Å². The number of anilines is 1. The van der Waals surface area contributed by atoms with Crippen LogP contribution in [-0.2, 0) is 0 Å². The van der Waals surface area contributed by atoms with E-state index in [2.05, 4.69) is 21.3 Å². The van der Waals surface area contributed by atoms with Crippen molar-refractivity contribution in [1.29, 1.82) is 0 Å². The first-order valence-corrected chi connectivity index (χ1v) is 7.59. The van der Waals surface area contributed by atoms with Gasteiger partial charge >= 0.3 is 0 Å². The second-order valence-corrected chi connectivity index (χ2v) is 5.81. The van der Waals surface area contributed by atoms with Gasteiger partial charge in [0.25, 0.3) is 0 Å². The van der Waals surface area contributed by atoms with Crippen molar-refractivity contribution in [2.24, 2.45) is 0 Å².